The standard InChI is InChI=1S/C23H27N3O2/c1-16-13-17(2)23(18(3)14-16)24-21(27)15-25(4)22(28)10-12-26-11-9-19-7-5-6-8-20(19)26/h5-9,11,13-14H,10,12,15H2,1-4H3,(H,24,27). The van der Waals surface area contributed by atoms with Gasteiger partial charge in [0, 0.05) is 37.4 Å². The second-order valence-corrected chi connectivity index (χ2v) is 7.39. The van der Waals surface area contributed by atoms with Gasteiger partial charge in [0.1, 0.15) is 0 Å². The van der Waals surface area contributed by atoms with Crippen molar-refractivity contribution in [1.82, 2.24) is 9.47 Å². The summed E-state index contributed by atoms with van der Waals surface area (Å²) >= 11 is 0. The van der Waals surface area contributed by atoms with Crippen LogP contribution in [0.25, 0.3) is 10.9 Å². The number of aromatic nitrogens is 1. The Labute approximate surface area is 166 Å². The molecule has 3 rings (SSSR count). The molecule has 0 radical (unpaired) electrons. The second kappa shape index (κ2) is 8.30. The molecule has 0 unspecified atom stereocenters. The Balaban J connectivity index is 1.56. The van der Waals surface area contributed by atoms with Crippen molar-refractivity contribution in [3.63, 3.8) is 0 Å². The molecule has 1 heterocycles. The summed E-state index contributed by atoms with van der Waals surface area (Å²) in [5.74, 6) is -0.234. The van der Waals surface area contributed by atoms with E-state index in [0.29, 0.717) is 13.0 Å². The molecule has 2 amide bonds. The van der Waals surface area contributed by atoms with Gasteiger partial charge in [-0.1, -0.05) is 35.9 Å². The number of aryl methyl sites for hydroxylation is 4. The number of likely N-dealkylation sites (N-methyl/N-ethyl adjacent to an activating group) is 1. The van der Waals surface area contributed by atoms with E-state index in [-0.39, 0.29) is 18.4 Å². The van der Waals surface area contributed by atoms with Crippen LogP contribution in [-0.4, -0.2) is 34.9 Å². The first-order chi connectivity index (χ1) is 13.3. The Morgan fingerprint density at radius 1 is 1.04 bits per heavy atom. The first-order valence-corrected chi connectivity index (χ1v) is 9.50. The van der Waals surface area contributed by atoms with Crippen molar-refractivity contribution >= 4 is 28.4 Å². The number of rotatable bonds is 6. The van der Waals surface area contributed by atoms with Crippen LogP contribution < -0.4 is 5.32 Å². The third-order valence-corrected chi connectivity index (χ3v) is 4.99. The quantitative estimate of drug-likeness (QED) is 0.704. The van der Waals surface area contributed by atoms with Gasteiger partial charge in [-0.05, 0) is 49.4 Å². The van der Waals surface area contributed by atoms with Gasteiger partial charge in [-0.3, -0.25) is 9.59 Å². The summed E-state index contributed by atoms with van der Waals surface area (Å²) in [4.78, 5) is 26.4. The first kappa shape index (κ1) is 19.7. The molecule has 146 valence electrons. The fraction of sp³-hybridized carbons (Fsp3) is 0.304. The van der Waals surface area contributed by atoms with Crippen LogP contribution in [0.1, 0.15) is 23.1 Å². The fourth-order valence-corrected chi connectivity index (χ4v) is 3.60. The lowest BCUT2D eigenvalue weighted by Gasteiger charge is -2.19. The molecule has 1 N–H and O–H groups in total. The minimum atomic E-state index is -0.183. The molecule has 0 aliphatic carbocycles. The lowest BCUT2D eigenvalue weighted by atomic mass is 10.1. The number of hydrogen-bond donors (Lipinski definition) is 1. The van der Waals surface area contributed by atoms with Crippen LogP contribution >= 0.6 is 0 Å². The van der Waals surface area contributed by atoms with Gasteiger partial charge in [0.2, 0.25) is 11.8 Å². The highest BCUT2D eigenvalue weighted by atomic mass is 16.2. The van der Waals surface area contributed by atoms with Gasteiger partial charge in [0.15, 0.2) is 0 Å². The smallest absolute Gasteiger partial charge is 0.243 e. The SMILES string of the molecule is Cc1cc(C)c(NC(=O)CN(C)C(=O)CCn2ccc3ccccc32)c(C)c1. The average molecular weight is 377 g/mol. The molecule has 2 aromatic carbocycles. The van der Waals surface area contributed by atoms with Crippen LogP contribution in [0.4, 0.5) is 5.69 Å². The molecule has 28 heavy (non-hydrogen) atoms. The number of amides is 2. The van der Waals surface area contributed by atoms with Gasteiger partial charge in [-0.15, -0.1) is 0 Å². The molecule has 5 heteroatoms. The number of carbonyl (C=O) groups is 2. The van der Waals surface area contributed by atoms with E-state index in [0.717, 1.165) is 33.3 Å². The van der Waals surface area contributed by atoms with Gasteiger partial charge in [0.05, 0.1) is 6.54 Å². The predicted molar refractivity (Wildman–Crippen MR) is 113 cm³/mol. The minimum Gasteiger partial charge on any atom is -0.347 e. The van der Waals surface area contributed by atoms with Crippen LogP contribution in [0.3, 0.4) is 0 Å². The maximum Gasteiger partial charge on any atom is 0.243 e. The molecule has 3 aromatic rings. The third kappa shape index (κ3) is 4.42. The van der Waals surface area contributed by atoms with Crippen LogP contribution in [0.2, 0.25) is 0 Å². The highest BCUT2D eigenvalue weighted by Crippen LogP contribution is 2.22. The molecule has 5 nitrogen and oxygen atoms in total. The van der Waals surface area contributed by atoms with Crippen molar-refractivity contribution in [3.05, 3.63) is 65.4 Å². The fourth-order valence-electron chi connectivity index (χ4n) is 3.60. The second-order valence-electron chi connectivity index (χ2n) is 7.39. The molecule has 1 aromatic heterocycles. The monoisotopic (exact) mass is 377 g/mol. The average Bonchev–Trinajstić information content (AvgIpc) is 3.05. The Morgan fingerprint density at radius 2 is 1.71 bits per heavy atom. The van der Waals surface area contributed by atoms with Gasteiger partial charge < -0.3 is 14.8 Å². The first-order valence-electron chi connectivity index (χ1n) is 9.50. The molecule has 0 fully saturated rings. The number of benzene rings is 2. The maximum atomic E-state index is 12.5. The number of anilines is 1. The number of nitrogens with one attached hydrogen (secondary N) is 1. The van der Waals surface area contributed by atoms with Gasteiger partial charge >= 0.3 is 0 Å². The Kier molecular flexibility index (Phi) is 5.83. The van der Waals surface area contributed by atoms with E-state index < -0.39 is 0 Å². The number of fused-ring (bicyclic) bond motifs is 1. The summed E-state index contributed by atoms with van der Waals surface area (Å²) in [6, 6.07) is 14.2. The van der Waals surface area contributed by atoms with Gasteiger partial charge in [-0.25, -0.2) is 0 Å². The van der Waals surface area contributed by atoms with Crippen LogP contribution in [-0.2, 0) is 16.1 Å². The van der Waals surface area contributed by atoms with E-state index in [2.05, 4.69) is 16.0 Å². The third-order valence-electron chi connectivity index (χ3n) is 4.99. The van der Waals surface area contributed by atoms with Crippen molar-refractivity contribution in [2.45, 2.75) is 33.7 Å². The van der Waals surface area contributed by atoms with Crippen LogP contribution in [0.5, 0.6) is 0 Å². The highest BCUT2D eigenvalue weighted by molar-refractivity contribution is 5.95. The van der Waals surface area contributed by atoms with Crippen LogP contribution in [0, 0.1) is 20.8 Å². The zero-order chi connectivity index (χ0) is 20.3. The predicted octanol–water partition coefficient (Wildman–Crippen LogP) is 4.05. The molecule has 0 aliphatic rings. The van der Waals surface area contributed by atoms with E-state index in [1.165, 1.54) is 4.90 Å². The lowest BCUT2D eigenvalue weighted by Crippen LogP contribution is -2.35. The molecule has 0 atom stereocenters. The molecule has 0 bridgehead atoms. The largest absolute Gasteiger partial charge is 0.347 e. The van der Waals surface area contributed by atoms with E-state index in [1.807, 2.05) is 63.4 Å². The van der Waals surface area contributed by atoms with Crippen molar-refractivity contribution in [2.24, 2.45) is 0 Å². The minimum absolute atomic E-state index is 0.0397. The zero-order valence-electron chi connectivity index (χ0n) is 17.0. The lowest BCUT2D eigenvalue weighted by molar-refractivity contribution is -0.133. The molecule has 0 spiro atoms. The van der Waals surface area contributed by atoms with E-state index in [9.17, 15) is 9.59 Å². The van der Waals surface area contributed by atoms with Crippen LogP contribution in [0.15, 0.2) is 48.7 Å². The van der Waals surface area contributed by atoms with Crippen molar-refractivity contribution in [3.8, 4) is 0 Å². The normalized spacial score (nSPS) is 10.9. The molecular formula is C23H27N3O2. The number of hydrogen-bond acceptors (Lipinski definition) is 2. The number of nitrogens with zero attached hydrogens (tertiary/aromatic N) is 2. The molecular weight excluding hydrogens is 350 g/mol. The summed E-state index contributed by atoms with van der Waals surface area (Å²) < 4.78 is 2.07. The Bertz CT molecular complexity index is 997. The highest BCUT2D eigenvalue weighted by Gasteiger charge is 2.15. The molecule has 0 aliphatic heterocycles. The van der Waals surface area contributed by atoms with E-state index in [4.69, 9.17) is 0 Å². The summed E-state index contributed by atoms with van der Waals surface area (Å²) in [5.41, 5.74) is 5.16. The summed E-state index contributed by atoms with van der Waals surface area (Å²) in [5, 5.41) is 4.11. The topological polar surface area (TPSA) is 54.3 Å². The maximum absolute atomic E-state index is 12.5. The summed E-state index contributed by atoms with van der Waals surface area (Å²) in [6.07, 6.45) is 2.35. The zero-order valence-corrected chi connectivity index (χ0v) is 17.0. The Hall–Kier alpha value is -3.08. The van der Waals surface area contributed by atoms with Crippen molar-refractivity contribution < 1.29 is 9.59 Å². The van der Waals surface area contributed by atoms with Crippen molar-refractivity contribution in [2.75, 3.05) is 18.9 Å². The van der Waals surface area contributed by atoms with E-state index in [1.54, 1.807) is 7.05 Å². The van der Waals surface area contributed by atoms with Crippen molar-refractivity contribution in [1.29, 1.82) is 0 Å². The van der Waals surface area contributed by atoms with Gasteiger partial charge in [0.25, 0.3) is 0 Å². The summed E-state index contributed by atoms with van der Waals surface area (Å²) in [7, 11) is 1.67. The van der Waals surface area contributed by atoms with E-state index >= 15 is 0 Å². The Morgan fingerprint density at radius 3 is 2.43 bits per heavy atom. The van der Waals surface area contributed by atoms with Gasteiger partial charge in [-0.2, -0.15) is 0 Å². The number of para-hydroxylation sites is 1. The number of carbonyl (C=O) groups excluding carboxylic acids is 2. The molecule has 0 saturated heterocycles. The molecule has 0 saturated carbocycles. The summed E-state index contributed by atoms with van der Waals surface area (Å²) in [6.45, 7) is 6.62.